The molecule has 0 radical (unpaired) electrons. The van der Waals surface area contributed by atoms with Crippen molar-refractivity contribution in [2.24, 2.45) is 11.8 Å². The highest BCUT2D eigenvalue weighted by atomic mass is 32.1. The van der Waals surface area contributed by atoms with Gasteiger partial charge in [0.05, 0.1) is 30.8 Å². The molecule has 2 fully saturated rings. The Labute approximate surface area is 164 Å². The predicted octanol–water partition coefficient (Wildman–Crippen LogP) is 4.05. The van der Waals surface area contributed by atoms with Gasteiger partial charge in [0.2, 0.25) is 0 Å². The van der Waals surface area contributed by atoms with Gasteiger partial charge >= 0.3 is 0 Å². The van der Waals surface area contributed by atoms with Crippen molar-refractivity contribution in [2.75, 3.05) is 33.2 Å². The van der Waals surface area contributed by atoms with E-state index >= 15 is 0 Å². The lowest BCUT2D eigenvalue weighted by Crippen LogP contribution is -2.43. The van der Waals surface area contributed by atoms with Crippen molar-refractivity contribution in [3.63, 3.8) is 0 Å². The fraction of sp³-hybridized carbons (Fsp3) is 1.00. The van der Waals surface area contributed by atoms with Gasteiger partial charge in [-0.05, 0) is 19.3 Å². The minimum atomic E-state index is -0.182. The van der Waals surface area contributed by atoms with Crippen LogP contribution in [0.15, 0.2) is 0 Å². The number of ether oxygens (including phenoxy) is 5. The van der Waals surface area contributed by atoms with Crippen LogP contribution in [0.25, 0.3) is 0 Å². The van der Waals surface area contributed by atoms with Gasteiger partial charge in [0, 0.05) is 25.7 Å². The van der Waals surface area contributed by atoms with E-state index in [2.05, 4.69) is 33.4 Å². The predicted molar refractivity (Wildman–Crippen MR) is 106 cm³/mol. The van der Waals surface area contributed by atoms with E-state index in [1.807, 2.05) is 0 Å². The smallest absolute Gasteiger partial charge is 0.148 e. The number of hydrogen-bond acceptors (Lipinski definition) is 6. The van der Waals surface area contributed by atoms with Crippen LogP contribution in [0.5, 0.6) is 0 Å². The Kier molecular flexibility index (Phi) is 10.9. The van der Waals surface area contributed by atoms with E-state index in [0.29, 0.717) is 6.61 Å². The highest BCUT2D eigenvalue weighted by Gasteiger charge is 2.56. The van der Waals surface area contributed by atoms with Crippen LogP contribution in [0.4, 0.5) is 0 Å². The van der Waals surface area contributed by atoms with Gasteiger partial charge in [-0.3, -0.25) is 0 Å². The molecule has 0 aromatic carbocycles. The lowest BCUT2D eigenvalue weighted by Gasteiger charge is -2.35. The third kappa shape index (κ3) is 6.08. The summed E-state index contributed by atoms with van der Waals surface area (Å²) in [6.07, 6.45) is 6.50. The zero-order valence-electron chi connectivity index (χ0n) is 16.7. The van der Waals surface area contributed by atoms with Crippen LogP contribution < -0.4 is 0 Å². The monoisotopic (exact) mass is 390 g/mol. The summed E-state index contributed by atoms with van der Waals surface area (Å²) in [7, 11) is 0. The molecular formula is C20H38O5S. The van der Waals surface area contributed by atoms with Gasteiger partial charge < -0.3 is 23.7 Å². The summed E-state index contributed by atoms with van der Waals surface area (Å²) in [5.41, 5.74) is -0.182. The fourth-order valence-electron chi connectivity index (χ4n) is 3.79. The summed E-state index contributed by atoms with van der Waals surface area (Å²) in [4.78, 5) is 0. The maximum absolute atomic E-state index is 6.32. The topological polar surface area (TPSA) is 46.2 Å². The molecule has 1 heterocycles. The molecule has 0 aromatic heterocycles. The molecular weight excluding hydrogens is 352 g/mol. The molecule has 6 heteroatoms. The van der Waals surface area contributed by atoms with Crippen molar-refractivity contribution in [1.82, 2.24) is 0 Å². The Morgan fingerprint density at radius 2 is 1.46 bits per heavy atom. The quantitative estimate of drug-likeness (QED) is 0.380. The summed E-state index contributed by atoms with van der Waals surface area (Å²) in [6, 6.07) is 0. The maximum atomic E-state index is 6.32. The normalized spacial score (nSPS) is 34.2. The summed E-state index contributed by atoms with van der Waals surface area (Å²) in [5, 5.41) is 0. The van der Waals surface area contributed by atoms with Crippen LogP contribution in [-0.4, -0.2) is 57.0 Å². The van der Waals surface area contributed by atoms with Crippen LogP contribution in [0.2, 0.25) is 0 Å². The average molecular weight is 391 g/mol. The van der Waals surface area contributed by atoms with Crippen molar-refractivity contribution < 1.29 is 23.7 Å². The van der Waals surface area contributed by atoms with E-state index in [9.17, 15) is 0 Å². The molecule has 1 aliphatic heterocycles. The Hall–Kier alpha value is 0.150. The highest BCUT2D eigenvalue weighted by molar-refractivity contribution is 7.80. The number of fused-ring (bicyclic) bond motifs is 1. The Morgan fingerprint density at radius 1 is 0.846 bits per heavy atom. The molecule has 0 N–H and O–H groups in total. The highest BCUT2D eigenvalue weighted by Crippen LogP contribution is 2.44. The standard InChI is InChI=1S/C20H38O5S/c1-4-7-10-21-13-15-17-16(20(26)25-14-24-17)19(23-12-9-6-3)18(15)22-11-8-5-2/h15-20,26H,4-14H2,1-3H3/t15?,16-,17?,18-,19?,20-/m1/s1. The molecule has 2 aliphatic rings. The molecule has 26 heavy (non-hydrogen) atoms. The Balaban J connectivity index is 2.08. The van der Waals surface area contributed by atoms with Crippen LogP contribution in [0.1, 0.15) is 59.3 Å². The van der Waals surface area contributed by atoms with E-state index in [4.69, 9.17) is 23.7 Å². The molecule has 154 valence electrons. The van der Waals surface area contributed by atoms with Gasteiger partial charge in [0.15, 0.2) is 0 Å². The Bertz CT molecular complexity index is 370. The first kappa shape index (κ1) is 22.4. The number of unbranched alkanes of at least 4 members (excludes halogenated alkanes) is 3. The van der Waals surface area contributed by atoms with E-state index in [-0.39, 0.29) is 42.4 Å². The second-order valence-corrected chi connectivity index (χ2v) is 7.86. The molecule has 0 bridgehead atoms. The summed E-state index contributed by atoms with van der Waals surface area (Å²) < 4.78 is 30.3. The minimum absolute atomic E-state index is 0.0196. The lowest BCUT2D eigenvalue weighted by atomic mass is 10.00. The van der Waals surface area contributed by atoms with E-state index in [1.165, 1.54) is 0 Å². The van der Waals surface area contributed by atoms with Crippen molar-refractivity contribution in [3.8, 4) is 0 Å². The largest absolute Gasteiger partial charge is 0.381 e. The molecule has 0 spiro atoms. The molecule has 6 atom stereocenters. The van der Waals surface area contributed by atoms with Crippen molar-refractivity contribution >= 4 is 12.6 Å². The molecule has 1 saturated carbocycles. The minimum Gasteiger partial charge on any atom is -0.381 e. The third-order valence-electron chi connectivity index (χ3n) is 5.32. The summed E-state index contributed by atoms with van der Waals surface area (Å²) in [5.74, 6) is 0.245. The lowest BCUT2D eigenvalue weighted by molar-refractivity contribution is -0.198. The zero-order valence-corrected chi connectivity index (χ0v) is 17.6. The molecule has 5 nitrogen and oxygen atoms in total. The molecule has 3 unspecified atom stereocenters. The number of rotatable bonds is 13. The average Bonchev–Trinajstić information content (AvgIpc) is 2.94. The zero-order chi connectivity index (χ0) is 18.8. The Morgan fingerprint density at radius 3 is 2.12 bits per heavy atom. The second kappa shape index (κ2) is 12.6. The van der Waals surface area contributed by atoms with E-state index in [1.54, 1.807) is 0 Å². The van der Waals surface area contributed by atoms with Crippen LogP contribution in [-0.2, 0) is 23.7 Å². The number of hydrogen-bond donors (Lipinski definition) is 1. The van der Waals surface area contributed by atoms with Gasteiger partial charge in [-0.15, -0.1) is 12.6 Å². The van der Waals surface area contributed by atoms with Crippen LogP contribution >= 0.6 is 12.6 Å². The maximum Gasteiger partial charge on any atom is 0.148 e. The first-order valence-electron chi connectivity index (χ1n) is 10.5. The van der Waals surface area contributed by atoms with Gasteiger partial charge in [-0.2, -0.15) is 0 Å². The molecule has 2 rings (SSSR count). The first-order valence-corrected chi connectivity index (χ1v) is 11.0. The molecule has 1 saturated heterocycles. The van der Waals surface area contributed by atoms with Crippen LogP contribution in [0, 0.1) is 11.8 Å². The molecule has 0 amide bonds. The second-order valence-electron chi connectivity index (χ2n) is 7.35. The van der Waals surface area contributed by atoms with E-state index < -0.39 is 0 Å². The SMILES string of the molecule is CCCCOCC1C2OCO[C@H](S)[C@H]2C(OCCCC)[C@@H]1OCCCC. The van der Waals surface area contributed by atoms with Gasteiger partial charge in [-0.25, -0.2) is 0 Å². The molecule has 1 aliphatic carbocycles. The first-order chi connectivity index (χ1) is 12.7. The van der Waals surface area contributed by atoms with Gasteiger partial charge in [0.25, 0.3) is 0 Å². The third-order valence-corrected chi connectivity index (χ3v) is 5.82. The van der Waals surface area contributed by atoms with Gasteiger partial charge in [0.1, 0.15) is 12.2 Å². The van der Waals surface area contributed by atoms with Crippen molar-refractivity contribution in [2.45, 2.75) is 83.0 Å². The van der Waals surface area contributed by atoms with Crippen molar-refractivity contribution in [3.05, 3.63) is 0 Å². The van der Waals surface area contributed by atoms with Crippen LogP contribution in [0.3, 0.4) is 0 Å². The summed E-state index contributed by atoms with van der Waals surface area (Å²) >= 11 is 4.68. The van der Waals surface area contributed by atoms with Gasteiger partial charge in [-0.1, -0.05) is 40.0 Å². The summed E-state index contributed by atoms with van der Waals surface area (Å²) in [6.45, 7) is 9.73. The fourth-order valence-corrected chi connectivity index (χ4v) is 4.19. The van der Waals surface area contributed by atoms with E-state index in [0.717, 1.165) is 58.3 Å². The van der Waals surface area contributed by atoms with Crippen molar-refractivity contribution in [1.29, 1.82) is 0 Å². The number of thiol groups is 1. The molecule has 0 aromatic rings.